The van der Waals surface area contributed by atoms with Crippen molar-refractivity contribution in [2.45, 2.75) is 0 Å². The van der Waals surface area contributed by atoms with Crippen LogP contribution in [0.5, 0.6) is 0 Å². The van der Waals surface area contributed by atoms with Gasteiger partial charge in [0.05, 0.1) is 13.2 Å². The Morgan fingerprint density at radius 3 is 2.19 bits per heavy atom. The Balaban J connectivity index is 0.000000225. The molecule has 1 aliphatic heterocycles. The zero-order valence-electron chi connectivity index (χ0n) is 15.5. The Kier molecular flexibility index (Phi) is 6.51. The second kappa shape index (κ2) is 9.05. The lowest BCUT2D eigenvalue weighted by atomic mass is 10.0. The SMILES string of the molecule is CN1CCOCC1.Cl.c1ccc2[nH]c(-c3cccc4ccccc34)cc2c1. The zero-order chi connectivity index (χ0) is 17.8. The predicted octanol–water partition coefficient (Wildman–Crippen LogP) is 5.36. The fraction of sp³-hybridized carbons (Fsp3) is 0.217. The molecule has 0 amide bonds. The van der Waals surface area contributed by atoms with Crippen molar-refractivity contribution >= 4 is 34.1 Å². The van der Waals surface area contributed by atoms with Crippen molar-refractivity contribution in [2.24, 2.45) is 0 Å². The van der Waals surface area contributed by atoms with Gasteiger partial charge >= 0.3 is 0 Å². The lowest BCUT2D eigenvalue weighted by Crippen LogP contribution is -2.32. The number of halogens is 1. The first-order chi connectivity index (χ1) is 12.8. The molecule has 0 saturated carbocycles. The van der Waals surface area contributed by atoms with Gasteiger partial charge in [-0.05, 0) is 30.0 Å². The van der Waals surface area contributed by atoms with Gasteiger partial charge in [0.1, 0.15) is 0 Å². The van der Waals surface area contributed by atoms with E-state index in [1.807, 2.05) is 0 Å². The molecule has 0 bridgehead atoms. The van der Waals surface area contributed by atoms with Crippen LogP contribution in [-0.2, 0) is 4.74 Å². The minimum atomic E-state index is 0. The third-order valence-corrected chi connectivity index (χ3v) is 4.84. The molecule has 0 atom stereocenters. The third kappa shape index (κ3) is 4.51. The fourth-order valence-corrected chi connectivity index (χ4v) is 3.33. The van der Waals surface area contributed by atoms with Gasteiger partial charge in [0.25, 0.3) is 0 Å². The summed E-state index contributed by atoms with van der Waals surface area (Å²) in [7, 11) is 2.11. The maximum Gasteiger partial charge on any atom is 0.0594 e. The van der Waals surface area contributed by atoms with Gasteiger partial charge in [-0.2, -0.15) is 0 Å². The smallest absolute Gasteiger partial charge is 0.0594 e. The van der Waals surface area contributed by atoms with Crippen LogP contribution in [0.4, 0.5) is 0 Å². The number of rotatable bonds is 1. The zero-order valence-corrected chi connectivity index (χ0v) is 16.3. The molecule has 3 nitrogen and oxygen atoms in total. The summed E-state index contributed by atoms with van der Waals surface area (Å²) in [5.41, 5.74) is 3.62. The number of H-pyrrole nitrogens is 1. The molecule has 2 heterocycles. The minimum absolute atomic E-state index is 0. The molecule has 1 saturated heterocycles. The van der Waals surface area contributed by atoms with Crippen LogP contribution in [0, 0.1) is 0 Å². The van der Waals surface area contributed by atoms with E-state index in [1.165, 1.54) is 32.9 Å². The highest BCUT2D eigenvalue weighted by atomic mass is 35.5. The molecule has 4 aromatic rings. The van der Waals surface area contributed by atoms with Crippen LogP contribution < -0.4 is 0 Å². The minimum Gasteiger partial charge on any atom is -0.379 e. The molecule has 1 aliphatic rings. The first kappa shape index (κ1) is 19.4. The van der Waals surface area contributed by atoms with E-state index in [-0.39, 0.29) is 12.4 Å². The number of fused-ring (bicyclic) bond motifs is 2. The van der Waals surface area contributed by atoms with Crippen molar-refractivity contribution in [2.75, 3.05) is 33.4 Å². The summed E-state index contributed by atoms with van der Waals surface area (Å²) in [6.07, 6.45) is 0. The summed E-state index contributed by atoms with van der Waals surface area (Å²) in [6, 6.07) is 25.6. The molecule has 4 heteroatoms. The number of aromatic amines is 1. The average Bonchev–Trinajstić information content (AvgIpc) is 3.13. The maximum absolute atomic E-state index is 5.10. The summed E-state index contributed by atoms with van der Waals surface area (Å²) in [5, 5.41) is 3.82. The van der Waals surface area contributed by atoms with E-state index in [2.05, 4.69) is 89.7 Å². The van der Waals surface area contributed by atoms with Crippen molar-refractivity contribution in [3.63, 3.8) is 0 Å². The topological polar surface area (TPSA) is 28.3 Å². The lowest BCUT2D eigenvalue weighted by molar-refractivity contribution is 0.0503. The number of nitrogens with zero attached hydrogens (tertiary/aromatic N) is 1. The summed E-state index contributed by atoms with van der Waals surface area (Å²) < 4.78 is 5.10. The van der Waals surface area contributed by atoms with E-state index in [4.69, 9.17) is 4.74 Å². The van der Waals surface area contributed by atoms with Crippen LogP contribution >= 0.6 is 12.4 Å². The molecule has 1 N–H and O–H groups in total. The van der Waals surface area contributed by atoms with Gasteiger partial charge in [-0.25, -0.2) is 0 Å². The summed E-state index contributed by atoms with van der Waals surface area (Å²) in [5.74, 6) is 0. The first-order valence-corrected chi connectivity index (χ1v) is 9.13. The van der Waals surface area contributed by atoms with E-state index < -0.39 is 0 Å². The number of para-hydroxylation sites is 1. The Hall–Kier alpha value is -2.33. The monoisotopic (exact) mass is 380 g/mol. The third-order valence-electron chi connectivity index (χ3n) is 4.84. The normalized spacial score (nSPS) is 14.4. The molecule has 1 aromatic heterocycles. The number of hydrogen-bond acceptors (Lipinski definition) is 2. The molecule has 27 heavy (non-hydrogen) atoms. The van der Waals surface area contributed by atoms with E-state index in [9.17, 15) is 0 Å². The van der Waals surface area contributed by atoms with Gasteiger partial charge in [0.15, 0.2) is 0 Å². The largest absolute Gasteiger partial charge is 0.379 e. The second-order valence-electron chi connectivity index (χ2n) is 6.71. The Morgan fingerprint density at radius 2 is 1.48 bits per heavy atom. The van der Waals surface area contributed by atoms with Crippen LogP contribution in [0.3, 0.4) is 0 Å². The molecule has 0 spiro atoms. The Bertz CT molecular complexity index is 967. The quantitative estimate of drug-likeness (QED) is 0.481. The van der Waals surface area contributed by atoms with E-state index in [0.29, 0.717) is 0 Å². The number of nitrogens with one attached hydrogen (secondary N) is 1. The van der Waals surface area contributed by atoms with Gasteiger partial charge < -0.3 is 14.6 Å². The predicted molar refractivity (Wildman–Crippen MR) is 117 cm³/mol. The van der Waals surface area contributed by atoms with Crippen LogP contribution in [0.1, 0.15) is 0 Å². The van der Waals surface area contributed by atoms with Crippen molar-refractivity contribution in [1.29, 1.82) is 0 Å². The molecule has 5 rings (SSSR count). The highest BCUT2D eigenvalue weighted by Gasteiger charge is 2.06. The van der Waals surface area contributed by atoms with Crippen LogP contribution in [0.25, 0.3) is 32.9 Å². The highest BCUT2D eigenvalue weighted by molar-refractivity contribution is 5.98. The number of ether oxygens (including phenoxy) is 1. The summed E-state index contributed by atoms with van der Waals surface area (Å²) in [6.45, 7) is 4.02. The molecule has 3 aromatic carbocycles. The summed E-state index contributed by atoms with van der Waals surface area (Å²) >= 11 is 0. The van der Waals surface area contributed by atoms with Crippen molar-refractivity contribution in [3.8, 4) is 11.3 Å². The number of aromatic nitrogens is 1. The first-order valence-electron chi connectivity index (χ1n) is 9.13. The van der Waals surface area contributed by atoms with Gasteiger partial charge in [-0.1, -0.05) is 60.7 Å². The van der Waals surface area contributed by atoms with Crippen LogP contribution in [-0.4, -0.2) is 43.2 Å². The molecular weight excluding hydrogens is 356 g/mol. The van der Waals surface area contributed by atoms with E-state index in [0.717, 1.165) is 26.3 Å². The van der Waals surface area contributed by atoms with E-state index in [1.54, 1.807) is 0 Å². The van der Waals surface area contributed by atoms with E-state index >= 15 is 0 Å². The van der Waals surface area contributed by atoms with Gasteiger partial charge in [0.2, 0.25) is 0 Å². The number of morpholine rings is 1. The van der Waals surface area contributed by atoms with Crippen LogP contribution in [0.15, 0.2) is 72.8 Å². The molecule has 1 fully saturated rings. The van der Waals surface area contributed by atoms with Gasteiger partial charge in [-0.3, -0.25) is 0 Å². The van der Waals surface area contributed by atoms with Crippen molar-refractivity contribution < 1.29 is 4.74 Å². The second-order valence-corrected chi connectivity index (χ2v) is 6.71. The van der Waals surface area contributed by atoms with Crippen molar-refractivity contribution in [3.05, 3.63) is 72.8 Å². The highest BCUT2D eigenvalue weighted by Crippen LogP contribution is 2.30. The average molecular weight is 381 g/mol. The molecule has 0 unspecified atom stereocenters. The summed E-state index contributed by atoms with van der Waals surface area (Å²) in [4.78, 5) is 5.77. The standard InChI is InChI=1S/C18H13N.C5H11NO.ClH/c1-3-9-15-13(6-1)8-5-10-16(15)18-12-14-7-2-4-11-17(14)19-18;1-6-2-4-7-5-3-6;/h1-12,19H;2-5H2,1H3;1H. The molecule has 0 aliphatic carbocycles. The Morgan fingerprint density at radius 1 is 0.815 bits per heavy atom. The molecular formula is C23H25ClN2O. The van der Waals surface area contributed by atoms with Crippen molar-refractivity contribution in [1.82, 2.24) is 9.88 Å². The fourth-order valence-electron chi connectivity index (χ4n) is 3.33. The number of likely N-dealkylation sites (N-methyl/N-ethyl adjacent to an activating group) is 1. The maximum atomic E-state index is 5.10. The molecule has 0 radical (unpaired) electrons. The Labute approximate surface area is 166 Å². The number of hydrogen-bond donors (Lipinski definition) is 1. The van der Waals surface area contributed by atoms with Gasteiger partial charge in [-0.15, -0.1) is 12.4 Å². The van der Waals surface area contributed by atoms with Crippen LogP contribution in [0.2, 0.25) is 0 Å². The van der Waals surface area contributed by atoms with Gasteiger partial charge in [0, 0.05) is 35.2 Å². The lowest BCUT2D eigenvalue weighted by Gasteiger charge is -2.21. The molecule has 140 valence electrons. The number of benzene rings is 3.